The molecular weight excluding hydrogens is 460 g/mol. The van der Waals surface area contributed by atoms with Crippen LogP contribution in [0.4, 0.5) is 0 Å². The van der Waals surface area contributed by atoms with Crippen molar-refractivity contribution < 1.29 is 55.5 Å². The summed E-state index contributed by atoms with van der Waals surface area (Å²) in [6.07, 6.45) is 0. The zero-order valence-electron chi connectivity index (χ0n) is 13.5. The van der Waals surface area contributed by atoms with Crippen molar-refractivity contribution in [2.45, 2.75) is 0 Å². The Morgan fingerprint density at radius 2 is 1.21 bits per heavy atom. The van der Waals surface area contributed by atoms with Gasteiger partial charge < -0.3 is 24.5 Å². The van der Waals surface area contributed by atoms with Crippen LogP contribution in [0.3, 0.4) is 0 Å². The standard InChI is InChI=1S/C12H8O2P.H5O10P3/c13-15-12-8-4-2-6-10(12)9-5-1-3-7-11(9)14-15;1-11(2,3)9-13(7,8)10-12(4,5)6/h1-8H;(H,7,8)(H2,1,2,3)(H2,4,5,6)/q+1;. The fourth-order valence-corrected chi connectivity index (χ4v) is 5.63. The molecule has 16 heteroatoms. The largest absolute Gasteiger partial charge is 0.597 e. The van der Waals surface area contributed by atoms with Crippen LogP contribution in [0, 0.1) is 0 Å². The number of rotatable bonds is 4. The highest BCUT2D eigenvalue weighted by atomic mass is 31.3. The molecule has 0 aliphatic heterocycles. The Morgan fingerprint density at radius 3 is 1.75 bits per heavy atom. The van der Waals surface area contributed by atoms with E-state index in [0.717, 1.165) is 15.9 Å². The van der Waals surface area contributed by atoms with Crippen LogP contribution >= 0.6 is 31.1 Å². The maximum atomic E-state index is 11.8. The van der Waals surface area contributed by atoms with Gasteiger partial charge in [-0.3, -0.25) is 0 Å². The lowest BCUT2D eigenvalue weighted by molar-refractivity contribution is 0.204. The maximum Gasteiger partial charge on any atom is 0.597 e. The Labute approximate surface area is 157 Å². The summed E-state index contributed by atoms with van der Waals surface area (Å²) < 4.78 is 53.5. The molecule has 0 spiro atoms. The molecule has 0 amide bonds. The van der Waals surface area contributed by atoms with E-state index in [1.807, 2.05) is 48.5 Å². The molecule has 1 unspecified atom stereocenters. The first-order valence-electron chi connectivity index (χ1n) is 6.98. The predicted octanol–water partition coefficient (Wildman–Crippen LogP) is 3.63. The van der Waals surface area contributed by atoms with Gasteiger partial charge in [0.15, 0.2) is 5.58 Å². The van der Waals surface area contributed by atoms with Gasteiger partial charge in [0.05, 0.1) is 0 Å². The Balaban J connectivity index is 0.000000204. The number of benzene rings is 2. The van der Waals surface area contributed by atoms with Crippen molar-refractivity contribution >= 4 is 52.6 Å². The maximum absolute atomic E-state index is 11.8. The lowest BCUT2D eigenvalue weighted by atomic mass is 10.1. The Hall–Kier alpha value is -1.25. The van der Waals surface area contributed by atoms with E-state index in [0.29, 0.717) is 5.58 Å². The minimum absolute atomic E-state index is 0.706. The second kappa shape index (κ2) is 8.63. The van der Waals surface area contributed by atoms with Crippen LogP contribution in [0.15, 0.2) is 52.7 Å². The Kier molecular flexibility index (Phi) is 7.10. The molecular formula is C12H13O12P4+. The van der Waals surface area contributed by atoms with Gasteiger partial charge in [-0.1, -0.05) is 30.3 Å². The van der Waals surface area contributed by atoms with Crippen LogP contribution in [-0.4, -0.2) is 24.5 Å². The SMILES string of the molecule is O=P(O)(O)OP(=O)(O)OP(=O)(O)O.O=[p+]1oc2ccccc2c2ccccc21. The Morgan fingerprint density at radius 1 is 0.750 bits per heavy atom. The van der Waals surface area contributed by atoms with Crippen molar-refractivity contribution in [1.82, 2.24) is 0 Å². The van der Waals surface area contributed by atoms with Crippen LogP contribution in [0.25, 0.3) is 21.5 Å². The van der Waals surface area contributed by atoms with Gasteiger partial charge in [-0.2, -0.15) is 8.62 Å². The summed E-state index contributed by atoms with van der Waals surface area (Å²) in [4.78, 5) is 40.2. The molecule has 0 saturated carbocycles. The minimum Gasteiger partial charge on any atom is -0.302 e. The predicted molar refractivity (Wildman–Crippen MR) is 97.4 cm³/mol. The molecule has 0 bridgehead atoms. The summed E-state index contributed by atoms with van der Waals surface area (Å²) in [5.74, 6) is 0. The van der Waals surface area contributed by atoms with Gasteiger partial charge >= 0.3 is 31.1 Å². The van der Waals surface area contributed by atoms with Gasteiger partial charge in [0.1, 0.15) is 0 Å². The molecule has 1 aromatic heterocycles. The van der Waals surface area contributed by atoms with Crippen LogP contribution in [0.1, 0.15) is 0 Å². The lowest BCUT2D eigenvalue weighted by Crippen LogP contribution is -1.91. The van der Waals surface area contributed by atoms with E-state index in [4.69, 9.17) is 28.7 Å². The average Bonchev–Trinajstić information content (AvgIpc) is 2.51. The van der Waals surface area contributed by atoms with E-state index >= 15 is 0 Å². The smallest absolute Gasteiger partial charge is 0.302 e. The molecule has 2 aromatic carbocycles. The van der Waals surface area contributed by atoms with Crippen LogP contribution in [0.5, 0.6) is 0 Å². The van der Waals surface area contributed by atoms with Crippen molar-refractivity contribution in [2.75, 3.05) is 0 Å². The van der Waals surface area contributed by atoms with Crippen molar-refractivity contribution in [3.05, 3.63) is 48.5 Å². The molecule has 1 atom stereocenters. The normalized spacial score (nSPS) is 13.2. The third kappa shape index (κ3) is 6.97. The first kappa shape index (κ1) is 23.0. The monoisotopic (exact) mass is 473 g/mol. The van der Waals surface area contributed by atoms with Gasteiger partial charge in [-0.25, -0.2) is 17.9 Å². The van der Waals surface area contributed by atoms with Gasteiger partial charge in [0, 0.05) is 10.8 Å². The van der Waals surface area contributed by atoms with Crippen molar-refractivity contribution in [2.24, 2.45) is 0 Å². The average molecular weight is 473 g/mol. The first-order valence-corrected chi connectivity index (χ1v) is 12.7. The molecule has 0 fully saturated rings. The zero-order chi connectivity index (χ0) is 21.2. The van der Waals surface area contributed by atoms with Gasteiger partial charge in [-0.15, -0.1) is 0 Å². The fourth-order valence-electron chi connectivity index (χ4n) is 2.05. The molecule has 5 N–H and O–H groups in total. The number of para-hydroxylation sites is 1. The van der Waals surface area contributed by atoms with Gasteiger partial charge in [-0.05, 0) is 22.8 Å². The number of hydrogen-bond donors (Lipinski definition) is 5. The second-order valence-corrected chi connectivity index (χ2v) is 10.4. The number of fused-ring (bicyclic) bond motifs is 3. The molecule has 1 heterocycles. The molecule has 28 heavy (non-hydrogen) atoms. The highest BCUT2D eigenvalue weighted by Crippen LogP contribution is 2.64. The summed E-state index contributed by atoms with van der Waals surface area (Å²) >= 11 is 0. The van der Waals surface area contributed by atoms with E-state index < -0.39 is 31.1 Å². The van der Waals surface area contributed by atoms with Crippen LogP contribution in [-0.2, 0) is 26.9 Å². The molecule has 12 nitrogen and oxygen atoms in total. The molecule has 152 valence electrons. The van der Waals surface area contributed by atoms with E-state index in [9.17, 15) is 18.3 Å². The first-order chi connectivity index (χ1) is 12.8. The summed E-state index contributed by atoms with van der Waals surface area (Å²) in [6, 6.07) is 15.3. The summed E-state index contributed by atoms with van der Waals surface area (Å²) in [5.41, 5.74) is 0.706. The van der Waals surface area contributed by atoms with E-state index in [2.05, 4.69) is 8.62 Å². The van der Waals surface area contributed by atoms with Gasteiger partial charge in [0.2, 0.25) is 5.12 Å². The van der Waals surface area contributed by atoms with Gasteiger partial charge in [0.25, 0.3) is 0 Å². The highest BCUT2D eigenvalue weighted by Gasteiger charge is 2.38. The van der Waals surface area contributed by atoms with E-state index in [1.165, 1.54) is 0 Å². The molecule has 0 aliphatic rings. The zero-order valence-corrected chi connectivity index (χ0v) is 17.1. The summed E-state index contributed by atoms with van der Waals surface area (Å²) in [6.45, 7) is 0. The van der Waals surface area contributed by atoms with Crippen LogP contribution < -0.4 is 0 Å². The molecule has 0 saturated heterocycles. The highest BCUT2D eigenvalue weighted by molar-refractivity contribution is 7.66. The topological polar surface area (TPSA) is 201 Å². The molecule has 0 radical (unpaired) electrons. The van der Waals surface area contributed by atoms with Crippen molar-refractivity contribution in [1.29, 1.82) is 0 Å². The quantitative estimate of drug-likeness (QED) is 0.272. The fraction of sp³-hybridized carbons (Fsp3) is 0. The third-order valence-electron chi connectivity index (χ3n) is 2.88. The van der Waals surface area contributed by atoms with Crippen molar-refractivity contribution in [3.63, 3.8) is 0 Å². The number of hydrogen-bond acceptors (Lipinski definition) is 7. The molecule has 3 rings (SSSR count). The molecule has 3 aromatic rings. The van der Waals surface area contributed by atoms with E-state index in [-0.39, 0.29) is 0 Å². The van der Waals surface area contributed by atoms with Crippen LogP contribution in [0.2, 0.25) is 0 Å². The number of phosphoric acid groups is 3. The van der Waals surface area contributed by atoms with E-state index in [1.54, 1.807) is 0 Å². The Bertz CT molecular complexity index is 1160. The lowest BCUT2D eigenvalue weighted by Gasteiger charge is -2.11. The second-order valence-electron chi connectivity index (χ2n) is 4.97. The van der Waals surface area contributed by atoms with Crippen molar-refractivity contribution in [3.8, 4) is 0 Å². The minimum atomic E-state index is -5.46. The molecule has 0 aliphatic carbocycles. The summed E-state index contributed by atoms with van der Waals surface area (Å²) in [5, 5.41) is 2.81. The summed E-state index contributed by atoms with van der Waals surface area (Å²) in [7, 11) is -17.9. The third-order valence-corrected chi connectivity index (χ3v) is 7.38.